The van der Waals surface area contributed by atoms with Gasteiger partial charge in [0.15, 0.2) is 5.69 Å². The fraction of sp³-hybridized carbons (Fsp3) is 0.389. The molecule has 1 N–H and O–H groups in total. The minimum absolute atomic E-state index is 0.217. The Kier molecular flexibility index (Phi) is 7.40. The Morgan fingerprint density at radius 2 is 1.96 bits per heavy atom. The quantitative estimate of drug-likeness (QED) is 0.708. The predicted molar refractivity (Wildman–Crippen MR) is 101 cm³/mol. The molecule has 8 heteroatoms. The van der Waals surface area contributed by atoms with Gasteiger partial charge in [0.05, 0.1) is 20.3 Å². The van der Waals surface area contributed by atoms with Gasteiger partial charge in [0, 0.05) is 17.6 Å². The second-order valence-corrected chi connectivity index (χ2v) is 6.37. The first-order valence-corrected chi connectivity index (χ1v) is 9.26. The van der Waals surface area contributed by atoms with E-state index in [4.69, 9.17) is 4.74 Å². The molecule has 0 atom stereocenters. The van der Waals surface area contributed by atoms with E-state index in [1.165, 1.54) is 18.4 Å². The number of hydrogen-bond acceptors (Lipinski definition) is 6. The van der Waals surface area contributed by atoms with Crippen LogP contribution in [0.4, 0.5) is 10.5 Å². The summed E-state index contributed by atoms with van der Waals surface area (Å²) >= 11 is 1.33. The van der Waals surface area contributed by atoms with Crippen LogP contribution in [-0.2, 0) is 11.3 Å². The molecule has 0 saturated carbocycles. The van der Waals surface area contributed by atoms with Crippen LogP contribution >= 0.6 is 11.3 Å². The van der Waals surface area contributed by atoms with Crippen molar-refractivity contribution in [1.82, 2.24) is 9.88 Å². The molecule has 0 saturated heterocycles. The first-order chi connectivity index (χ1) is 12.6. The van der Waals surface area contributed by atoms with Gasteiger partial charge in [0.1, 0.15) is 10.8 Å². The average Bonchev–Trinajstić information content (AvgIpc) is 3.11. The minimum Gasteiger partial charge on any atom is -0.494 e. The monoisotopic (exact) mass is 377 g/mol. The van der Waals surface area contributed by atoms with Crippen LogP contribution in [0.5, 0.6) is 5.75 Å². The summed E-state index contributed by atoms with van der Waals surface area (Å²) in [4.78, 5) is 30.0. The molecule has 2 rings (SSSR count). The van der Waals surface area contributed by atoms with Gasteiger partial charge >= 0.3 is 12.0 Å². The molecule has 0 radical (unpaired) electrons. The molecule has 0 aliphatic heterocycles. The number of benzene rings is 1. The van der Waals surface area contributed by atoms with Crippen molar-refractivity contribution in [3.63, 3.8) is 0 Å². The minimum atomic E-state index is -0.478. The number of aromatic nitrogens is 1. The van der Waals surface area contributed by atoms with Crippen LogP contribution in [0.15, 0.2) is 29.6 Å². The Hall–Kier alpha value is -2.61. The fourth-order valence-electron chi connectivity index (χ4n) is 2.27. The second kappa shape index (κ2) is 9.76. The van der Waals surface area contributed by atoms with E-state index in [-0.39, 0.29) is 11.7 Å². The van der Waals surface area contributed by atoms with Gasteiger partial charge < -0.3 is 19.7 Å². The van der Waals surface area contributed by atoms with Crippen molar-refractivity contribution in [1.29, 1.82) is 0 Å². The number of esters is 1. The third-order valence-corrected chi connectivity index (χ3v) is 4.30. The molecule has 1 aromatic heterocycles. The zero-order valence-corrected chi connectivity index (χ0v) is 16.0. The van der Waals surface area contributed by atoms with Crippen LogP contribution in [0.1, 0.15) is 35.8 Å². The van der Waals surface area contributed by atoms with Gasteiger partial charge in [-0.15, -0.1) is 11.3 Å². The molecule has 26 heavy (non-hydrogen) atoms. The van der Waals surface area contributed by atoms with Crippen LogP contribution in [0.2, 0.25) is 0 Å². The Bertz CT molecular complexity index is 730. The maximum absolute atomic E-state index is 12.6. The summed E-state index contributed by atoms with van der Waals surface area (Å²) in [5, 5.41) is 5.19. The summed E-state index contributed by atoms with van der Waals surface area (Å²) in [6.07, 6.45) is 0.811. The van der Waals surface area contributed by atoms with Crippen molar-refractivity contribution >= 4 is 29.0 Å². The maximum Gasteiger partial charge on any atom is 0.357 e. The number of thiazole rings is 1. The zero-order valence-electron chi connectivity index (χ0n) is 15.2. The molecule has 2 aromatic rings. The molecule has 0 unspecified atom stereocenters. The number of anilines is 1. The standard InChI is InChI=1S/C18H23N3O4S/c1-4-10-21(11-16-20-15(12-26-16)17(22)24-3)18(23)19-13-6-8-14(9-7-13)25-5-2/h6-9,12H,4-5,10-11H2,1-3H3,(H,19,23). The van der Waals surface area contributed by atoms with E-state index >= 15 is 0 Å². The highest BCUT2D eigenvalue weighted by Gasteiger charge is 2.17. The fourth-order valence-corrected chi connectivity index (χ4v) is 3.05. The number of methoxy groups -OCH3 is 1. The first kappa shape index (κ1) is 19.7. The van der Waals surface area contributed by atoms with E-state index in [0.29, 0.717) is 30.4 Å². The van der Waals surface area contributed by atoms with Crippen LogP contribution in [0.25, 0.3) is 0 Å². The summed E-state index contributed by atoms with van der Waals surface area (Å²) in [6.45, 7) is 5.42. The Morgan fingerprint density at radius 3 is 2.58 bits per heavy atom. The average molecular weight is 377 g/mol. The molecular formula is C18H23N3O4S. The summed E-state index contributed by atoms with van der Waals surface area (Å²) in [5.41, 5.74) is 0.949. The molecule has 0 spiro atoms. The molecule has 0 fully saturated rings. The van der Waals surface area contributed by atoms with E-state index in [1.54, 1.807) is 22.4 Å². The third kappa shape index (κ3) is 5.45. The number of carbonyl (C=O) groups is 2. The Balaban J connectivity index is 2.02. The van der Waals surface area contributed by atoms with Crippen molar-refractivity contribution in [3.8, 4) is 5.75 Å². The summed E-state index contributed by atoms with van der Waals surface area (Å²) < 4.78 is 10.1. The maximum atomic E-state index is 12.6. The van der Waals surface area contributed by atoms with Gasteiger partial charge in [-0.2, -0.15) is 0 Å². The first-order valence-electron chi connectivity index (χ1n) is 8.38. The number of carbonyl (C=O) groups excluding carboxylic acids is 2. The van der Waals surface area contributed by atoms with Crippen LogP contribution in [0.3, 0.4) is 0 Å². The van der Waals surface area contributed by atoms with Gasteiger partial charge in [-0.05, 0) is 37.6 Å². The molecule has 0 aliphatic rings. The number of hydrogen-bond donors (Lipinski definition) is 1. The number of urea groups is 1. The van der Waals surface area contributed by atoms with Crippen LogP contribution in [0, 0.1) is 0 Å². The van der Waals surface area contributed by atoms with Crippen LogP contribution < -0.4 is 10.1 Å². The lowest BCUT2D eigenvalue weighted by atomic mass is 10.3. The highest BCUT2D eigenvalue weighted by molar-refractivity contribution is 7.09. The summed E-state index contributed by atoms with van der Waals surface area (Å²) in [5.74, 6) is 0.280. The molecular weight excluding hydrogens is 354 g/mol. The number of nitrogens with zero attached hydrogens (tertiary/aromatic N) is 2. The van der Waals surface area contributed by atoms with Crippen molar-refractivity contribution in [3.05, 3.63) is 40.3 Å². The molecule has 0 bridgehead atoms. The number of ether oxygens (including phenoxy) is 2. The van der Waals surface area contributed by atoms with Gasteiger partial charge in [0.25, 0.3) is 0 Å². The van der Waals surface area contributed by atoms with Gasteiger partial charge in [-0.25, -0.2) is 14.6 Å². The number of nitrogens with one attached hydrogen (secondary N) is 1. The van der Waals surface area contributed by atoms with E-state index in [2.05, 4.69) is 15.0 Å². The van der Waals surface area contributed by atoms with Crippen molar-refractivity contribution in [2.45, 2.75) is 26.8 Å². The van der Waals surface area contributed by atoms with Gasteiger partial charge in [-0.3, -0.25) is 0 Å². The molecule has 140 valence electrons. The topological polar surface area (TPSA) is 80.8 Å². The Morgan fingerprint density at radius 1 is 1.23 bits per heavy atom. The summed E-state index contributed by atoms with van der Waals surface area (Å²) in [6, 6.07) is 7.00. The van der Waals surface area contributed by atoms with E-state index < -0.39 is 5.97 Å². The summed E-state index contributed by atoms with van der Waals surface area (Å²) in [7, 11) is 1.31. The highest BCUT2D eigenvalue weighted by Crippen LogP contribution is 2.18. The predicted octanol–water partition coefficient (Wildman–Crippen LogP) is 3.77. The van der Waals surface area contributed by atoms with Gasteiger partial charge in [-0.1, -0.05) is 6.92 Å². The molecule has 7 nitrogen and oxygen atoms in total. The second-order valence-electron chi connectivity index (χ2n) is 5.43. The highest BCUT2D eigenvalue weighted by atomic mass is 32.1. The lowest BCUT2D eigenvalue weighted by molar-refractivity contribution is 0.0594. The zero-order chi connectivity index (χ0) is 18.9. The SMILES string of the molecule is CCCN(Cc1nc(C(=O)OC)cs1)C(=O)Nc1ccc(OCC)cc1. The molecule has 2 amide bonds. The van der Waals surface area contributed by atoms with E-state index in [1.807, 2.05) is 26.0 Å². The van der Waals surface area contributed by atoms with Gasteiger partial charge in [0.2, 0.25) is 0 Å². The Labute approximate surface area is 156 Å². The lowest BCUT2D eigenvalue weighted by Crippen LogP contribution is -2.35. The lowest BCUT2D eigenvalue weighted by Gasteiger charge is -2.21. The normalized spacial score (nSPS) is 10.3. The molecule has 1 heterocycles. The number of rotatable bonds is 8. The van der Waals surface area contributed by atoms with E-state index in [9.17, 15) is 9.59 Å². The molecule has 1 aromatic carbocycles. The largest absolute Gasteiger partial charge is 0.494 e. The third-order valence-electron chi connectivity index (χ3n) is 3.47. The van der Waals surface area contributed by atoms with Crippen molar-refractivity contribution < 1.29 is 19.1 Å². The van der Waals surface area contributed by atoms with Crippen molar-refractivity contribution in [2.75, 3.05) is 25.6 Å². The van der Waals surface area contributed by atoms with E-state index in [0.717, 1.165) is 12.2 Å². The van der Waals surface area contributed by atoms with Crippen LogP contribution in [-0.4, -0.2) is 42.1 Å². The smallest absolute Gasteiger partial charge is 0.357 e. The number of amides is 2. The van der Waals surface area contributed by atoms with Crippen molar-refractivity contribution in [2.24, 2.45) is 0 Å². The molecule has 0 aliphatic carbocycles.